The Labute approximate surface area is 209 Å². The van der Waals surface area contributed by atoms with Crippen molar-refractivity contribution in [3.05, 3.63) is 52.3 Å². The lowest BCUT2D eigenvalue weighted by Crippen LogP contribution is -2.60. The van der Waals surface area contributed by atoms with Crippen LogP contribution in [0.3, 0.4) is 0 Å². The van der Waals surface area contributed by atoms with Crippen LogP contribution in [0.4, 0.5) is 5.69 Å². The molecule has 1 aromatic carbocycles. The molecular weight excluding hydrogens is 464 g/mol. The van der Waals surface area contributed by atoms with E-state index in [-0.39, 0.29) is 36.3 Å². The number of fused-ring (bicyclic) bond motifs is 3. The van der Waals surface area contributed by atoms with E-state index in [2.05, 4.69) is 11.9 Å². The molecule has 4 atom stereocenters. The summed E-state index contributed by atoms with van der Waals surface area (Å²) in [5, 5.41) is 48.0. The van der Waals surface area contributed by atoms with Crippen molar-refractivity contribution in [2.24, 2.45) is 17.8 Å². The summed E-state index contributed by atoms with van der Waals surface area (Å²) in [4.78, 5) is 40.6. The molecule has 0 aliphatic heterocycles. The van der Waals surface area contributed by atoms with E-state index < -0.39 is 57.8 Å². The number of carbonyl (C=O) groups is 3. The SMILES string of the molecule is C=CCNCc1cc(N(C)C)c2c(c1O)C(O)=C1C(=O)[C@]3(O)C(O)=C(C(C)=O)C(=O)[C@@H](C)C3CC1C2. The number of phenols is 1. The van der Waals surface area contributed by atoms with Crippen LogP contribution in [0, 0.1) is 17.8 Å². The number of rotatable bonds is 6. The summed E-state index contributed by atoms with van der Waals surface area (Å²) in [6.45, 7) is 7.06. The largest absolute Gasteiger partial charge is 0.508 e. The van der Waals surface area contributed by atoms with Gasteiger partial charge in [-0.1, -0.05) is 13.0 Å². The first kappa shape index (κ1) is 25.7. The molecule has 0 bridgehead atoms. The van der Waals surface area contributed by atoms with Crippen LogP contribution in [0.5, 0.6) is 5.75 Å². The van der Waals surface area contributed by atoms with Crippen LogP contribution < -0.4 is 10.2 Å². The number of benzene rings is 1. The summed E-state index contributed by atoms with van der Waals surface area (Å²) < 4.78 is 0. The molecule has 0 saturated heterocycles. The van der Waals surface area contributed by atoms with E-state index in [9.17, 15) is 34.8 Å². The number of phenolic OH excluding ortho intramolecular Hbond substituents is 1. The normalized spacial score (nSPS) is 27.4. The van der Waals surface area contributed by atoms with Gasteiger partial charge >= 0.3 is 0 Å². The van der Waals surface area contributed by atoms with Crippen molar-refractivity contribution in [2.75, 3.05) is 25.5 Å². The van der Waals surface area contributed by atoms with E-state index in [0.29, 0.717) is 17.7 Å². The standard InChI is InChI=1S/C27H32N2O7/c1-6-7-28-11-15-10-18(29(4)5)16-8-14-9-17-12(2)22(31)19(13(3)30)25(34)27(17,36)26(35)20(14)24(33)21(16)23(15)32/h6,10,12,14,17,28,32-34,36H,1,7-9,11H2,2-5H3/t12-,14?,17?,27+/m0/s1. The first-order valence-electron chi connectivity index (χ1n) is 11.9. The number of nitrogens with zero attached hydrogens (tertiary/aromatic N) is 1. The van der Waals surface area contributed by atoms with Crippen LogP contribution >= 0.6 is 0 Å². The second-order valence-electron chi connectivity index (χ2n) is 10.1. The second-order valence-corrected chi connectivity index (χ2v) is 10.1. The van der Waals surface area contributed by atoms with Crippen LogP contribution in [-0.2, 0) is 27.3 Å². The Kier molecular flexibility index (Phi) is 6.34. The zero-order valence-electron chi connectivity index (χ0n) is 20.9. The molecule has 0 radical (unpaired) electrons. The number of carbonyl (C=O) groups excluding carboxylic acids is 3. The summed E-state index contributed by atoms with van der Waals surface area (Å²) in [5.41, 5.74) is -1.21. The Hall–Kier alpha value is -3.43. The highest BCUT2D eigenvalue weighted by Crippen LogP contribution is 2.54. The van der Waals surface area contributed by atoms with Gasteiger partial charge in [0, 0.05) is 55.8 Å². The van der Waals surface area contributed by atoms with Gasteiger partial charge in [0.15, 0.2) is 17.2 Å². The van der Waals surface area contributed by atoms with E-state index in [0.717, 1.165) is 12.6 Å². The van der Waals surface area contributed by atoms with Gasteiger partial charge in [0.25, 0.3) is 0 Å². The van der Waals surface area contributed by atoms with Gasteiger partial charge in [0.2, 0.25) is 5.78 Å². The van der Waals surface area contributed by atoms with Crippen LogP contribution in [0.15, 0.2) is 35.6 Å². The molecule has 0 aromatic heterocycles. The number of anilines is 1. The Morgan fingerprint density at radius 1 is 1.28 bits per heavy atom. The molecule has 192 valence electrons. The van der Waals surface area contributed by atoms with E-state index in [1.807, 2.05) is 25.1 Å². The molecule has 9 heteroatoms. The lowest BCUT2D eigenvalue weighted by Gasteiger charge is -2.48. The van der Waals surface area contributed by atoms with Crippen LogP contribution in [0.1, 0.15) is 37.0 Å². The van der Waals surface area contributed by atoms with Crippen LogP contribution in [0.2, 0.25) is 0 Å². The predicted octanol–water partition coefficient (Wildman–Crippen LogP) is 2.12. The molecule has 9 nitrogen and oxygen atoms in total. The van der Waals surface area contributed by atoms with Gasteiger partial charge < -0.3 is 30.6 Å². The van der Waals surface area contributed by atoms with Crippen molar-refractivity contribution in [3.63, 3.8) is 0 Å². The van der Waals surface area contributed by atoms with Crippen molar-refractivity contribution in [1.82, 2.24) is 5.32 Å². The molecule has 1 fully saturated rings. The fraction of sp³-hybridized carbons (Fsp3) is 0.444. The lowest BCUT2D eigenvalue weighted by molar-refractivity contribution is -0.152. The molecule has 3 aliphatic rings. The average molecular weight is 497 g/mol. The summed E-state index contributed by atoms with van der Waals surface area (Å²) >= 11 is 0. The first-order valence-corrected chi connectivity index (χ1v) is 11.9. The Bertz CT molecular complexity index is 1260. The zero-order chi connectivity index (χ0) is 26.7. The maximum absolute atomic E-state index is 13.8. The Morgan fingerprint density at radius 2 is 1.94 bits per heavy atom. The van der Waals surface area contributed by atoms with Crippen molar-refractivity contribution < 1.29 is 34.8 Å². The third kappa shape index (κ3) is 3.49. The number of aliphatic hydroxyl groups excluding tert-OH is 2. The average Bonchev–Trinajstić information content (AvgIpc) is 2.80. The molecule has 2 unspecified atom stereocenters. The van der Waals surface area contributed by atoms with Crippen molar-refractivity contribution in [2.45, 2.75) is 38.8 Å². The number of aromatic hydroxyl groups is 1. The minimum absolute atomic E-state index is 0.105. The van der Waals surface area contributed by atoms with Gasteiger partial charge in [-0.05, 0) is 37.3 Å². The quantitative estimate of drug-likeness (QED) is 0.227. The van der Waals surface area contributed by atoms with Crippen LogP contribution in [0.25, 0.3) is 5.76 Å². The smallest absolute Gasteiger partial charge is 0.202 e. The summed E-state index contributed by atoms with van der Waals surface area (Å²) in [5.74, 6) is -6.34. The first-order chi connectivity index (χ1) is 16.9. The zero-order valence-corrected chi connectivity index (χ0v) is 20.9. The number of aliphatic hydroxyl groups is 3. The molecule has 0 spiro atoms. The van der Waals surface area contributed by atoms with E-state index in [1.165, 1.54) is 6.92 Å². The van der Waals surface area contributed by atoms with Gasteiger partial charge in [-0.25, -0.2) is 0 Å². The highest BCUT2D eigenvalue weighted by molar-refractivity contribution is 6.23. The van der Waals surface area contributed by atoms with Gasteiger partial charge in [-0.2, -0.15) is 0 Å². The maximum Gasteiger partial charge on any atom is 0.202 e. The second kappa shape index (κ2) is 8.90. The number of ketones is 3. The van der Waals surface area contributed by atoms with E-state index in [1.54, 1.807) is 6.08 Å². The number of nitrogens with one attached hydrogen (secondary N) is 1. The minimum atomic E-state index is -2.52. The fourth-order valence-electron chi connectivity index (χ4n) is 5.98. The molecule has 3 aliphatic carbocycles. The highest BCUT2D eigenvalue weighted by atomic mass is 16.3. The van der Waals surface area contributed by atoms with Crippen LogP contribution in [-0.4, -0.2) is 64.0 Å². The molecule has 0 amide bonds. The van der Waals surface area contributed by atoms with Crippen molar-refractivity contribution >= 4 is 28.8 Å². The summed E-state index contributed by atoms with van der Waals surface area (Å²) in [6.07, 6.45) is 2.08. The number of Topliss-reactive ketones (excluding diaryl/α,β-unsaturated/α-hetero) is 3. The molecule has 4 rings (SSSR count). The molecular formula is C27H32N2O7. The van der Waals surface area contributed by atoms with Gasteiger partial charge in [-0.15, -0.1) is 6.58 Å². The number of allylic oxidation sites excluding steroid dienone is 1. The number of hydrogen-bond acceptors (Lipinski definition) is 9. The monoisotopic (exact) mass is 496 g/mol. The Balaban J connectivity index is 1.94. The van der Waals surface area contributed by atoms with Gasteiger partial charge in [0.1, 0.15) is 22.8 Å². The minimum Gasteiger partial charge on any atom is -0.508 e. The van der Waals surface area contributed by atoms with E-state index in [4.69, 9.17) is 0 Å². The highest BCUT2D eigenvalue weighted by Gasteiger charge is 2.62. The van der Waals surface area contributed by atoms with Gasteiger partial charge in [-0.3, -0.25) is 14.4 Å². The number of hydrogen-bond donors (Lipinski definition) is 5. The Morgan fingerprint density at radius 3 is 2.53 bits per heavy atom. The maximum atomic E-state index is 13.8. The van der Waals surface area contributed by atoms with Gasteiger partial charge in [0.05, 0.1) is 5.56 Å². The summed E-state index contributed by atoms with van der Waals surface area (Å²) in [7, 11) is 3.67. The molecule has 36 heavy (non-hydrogen) atoms. The lowest BCUT2D eigenvalue weighted by atomic mass is 9.56. The topological polar surface area (TPSA) is 147 Å². The fourth-order valence-corrected chi connectivity index (χ4v) is 5.98. The van der Waals surface area contributed by atoms with E-state index >= 15 is 0 Å². The molecule has 1 aromatic rings. The third-order valence-corrected chi connectivity index (χ3v) is 7.78. The molecule has 5 N–H and O–H groups in total. The van der Waals surface area contributed by atoms with Crippen molar-refractivity contribution in [3.8, 4) is 5.75 Å². The van der Waals surface area contributed by atoms with Crippen molar-refractivity contribution in [1.29, 1.82) is 0 Å². The molecule has 1 saturated carbocycles. The third-order valence-electron chi connectivity index (χ3n) is 7.78. The summed E-state index contributed by atoms with van der Waals surface area (Å²) in [6, 6.07) is 1.82. The predicted molar refractivity (Wildman–Crippen MR) is 134 cm³/mol. The molecule has 0 heterocycles.